The Balaban J connectivity index is 1.72. The summed E-state index contributed by atoms with van der Waals surface area (Å²) in [4.78, 5) is 16.0. The Labute approximate surface area is 127 Å². The average molecular weight is 342 g/mol. The number of hydrogen-bond donors (Lipinski definition) is 2. The van der Waals surface area contributed by atoms with Gasteiger partial charge in [-0.2, -0.15) is 0 Å². The minimum atomic E-state index is -0.0585. The van der Waals surface area contributed by atoms with Gasteiger partial charge in [0.2, 0.25) is 5.91 Å². The maximum atomic E-state index is 11.8. The number of amides is 1. The fourth-order valence-electron chi connectivity index (χ4n) is 2.15. The van der Waals surface area contributed by atoms with Gasteiger partial charge in [0.05, 0.1) is 19.1 Å². The Bertz CT molecular complexity index is 462. The molecule has 1 aromatic rings. The molecule has 1 amide bonds. The summed E-state index contributed by atoms with van der Waals surface area (Å²) in [5, 5.41) is 6.10. The number of ether oxygens (including phenoxy) is 1. The van der Waals surface area contributed by atoms with E-state index in [2.05, 4.69) is 31.5 Å². The van der Waals surface area contributed by atoms with Crippen LogP contribution in [0.25, 0.3) is 0 Å². The molecular weight excluding hydrogens is 322 g/mol. The molecule has 0 spiro atoms. The van der Waals surface area contributed by atoms with Crippen molar-refractivity contribution in [1.29, 1.82) is 0 Å². The van der Waals surface area contributed by atoms with E-state index in [1.165, 1.54) is 0 Å². The average Bonchev–Trinajstić information content (AvgIpc) is 2.43. The molecule has 2 heterocycles. The third-order valence-corrected chi connectivity index (χ3v) is 3.71. The fraction of sp³-hybridized carbons (Fsp3) is 0.571. The summed E-state index contributed by atoms with van der Waals surface area (Å²) in [7, 11) is 0. The van der Waals surface area contributed by atoms with Gasteiger partial charge in [-0.1, -0.05) is 0 Å². The van der Waals surface area contributed by atoms with Crippen molar-refractivity contribution in [3.05, 3.63) is 22.3 Å². The maximum Gasteiger partial charge on any atom is 0.227 e. The summed E-state index contributed by atoms with van der Waals surface area (Å²) >= 11 is 3.35. The molecule has 0 atom stereocenters. The number of carbonyl (C=O) groups is 1. The fourth-order valence-corrected chi connectivity index (χ4v) is 2.59. The highest BCUT2D eigenvalue weighted by molar-refractivity contribution is 9.10. The molecule has 1 fully saturated rings. The van der Waals surface area contributed by atoms with E-state index < -0.39 is 0 Å². The molecule has 2 rings (SSSR count). The predicted octanol–water partition coefficient (Wildman–Crippen LogP) is 2.25. The first-order valence-corrected chi connectivity index (χ1v) is 7.69. The summed E-state index contributed by atoms with van der Waals surface area (Å²) in [6.45, 7) is 4.38. The van der Waals surface area contributed by atoms with Gasteiger partial charge >= 0.3 is 0 Å². The Morgan fingerprint density at radius 2 is 2.30 bits per heavy atom. The minimum Gasteiger partial charge on any atom is -0.378 e. The number of piperidine rings is 1. The second-order valence-electron chi connectivity index (χ2n) is 4.94. The standard InChI is InChI=1S/C14H20BrN3O2/c1-10-8-11(15)9-17-14(10)18-13(19)4-7-20-12-2-5-16-6-3-12/h8-9,12,16H,2-7H2,1H3,(H,17,18,19). The molecule has 0 saturated carbocycles. The van der Waals surface area contributed by atoms with Crippen LogP contribution >= 0.6 is 15.9 Å². The lowest BCUT2D eigenvalue weighted by molar-refractivity contribution is -0.117. The summed E-state index contributed by atoms with van der Waals surface area (Å²) in [6, 6.07) is 1.92. The van der Waals surface area contributed by atoms with E-state index in [4.69, 9.17) is 4.74 Å². The smallest absolute Gasteiger partial charge is 0.227 e. The summed E-state index contributed by atoms with van der Waals surface area (Å²) in [5.74, 6) is 0.553. The van der Waals surface area contributed by atoms with Gasteiger partial charge in [-0.15, -0.1) is 0 Å². The van der Waals surface area contributed by atoms with Crippen molar-refractivity contribution < 1.29 is 9.53 Å². The molecule has 5 nitrogen and oxygen atoms in total. The number of nitrogens with zero attached hydrogens (tertiary/aromatic N) is 1. The number of halogens is 1. The van der Waals surface area contributed by atoms with E-state index >= 15 is 0 Å². The van der Waals surface area contributed by atoms with Crippen molar-refractivity contribution in [2.75, 3.05) is 25.0 Å². The Morgan fingerprint density at radius 1 is 1.55 bits per heavy atom. The predicted molar refractivity (Wildman–Crippen MR) is 81.8 cm³/mol. The zero-order chi connectivity index (χ0) is 14.4. The first-order valence-electron chi connectivity index (χ1n) is 6.89. The monoisotopic (exact) mass is 341 g/mol. The lowest BCUT2D eigenvalue weighted by atomic mass is 10.1. The first kappa shape index (κ1) is 15.4. The molecule has 1 aliphatic rings. The van der Waals surface area contributed by atoms with Crippen LogP contribution in [0.4, 0.5) is 5.82 Å². The summed E-state index contributed by atoms with van der Waals surface area (Å²) in [5.41, 5.74) is 0.937. The van der Waals surface area contributed by atoms with Gasteiger partial charge in [0.1, 0.15) is 5.82 Å². The number of pyridine rings is 1. The number of hydrogen-bond acceptors (Lipinski definition) is 4. The quantitative estimate of drug-likeness (QED) is 0.862. The second-order valence-corrected chi connectivity index (χ2v) is 5.85. The molecule has 110 valence electrons. The van der Waals surface area contributed by atoms with Crippen LogP contribution in [0.3, 0.4) is 0 Å². The SMILES string of the molecule is Cc1cc(Br)cnc1NC(=O)CCOC1CCNCC1. The topological polar surface area (TPSA) is 63.2 Å². The van der Waals surface area contributed by atoms with Crippen LogP contribution < -0.4 is 10.6 Å². The normalized spacial score (nSPS) is 16.1. The summed E-state index contributed by atoms with van der Waals surface area (Å²) in [6.07, 6.45) is 4.37. The Kier molecular flexibility index (Phi) is 5.94. The van der Waals surface area contributed by atoms with E-state index in [0.29, 0.717) is 18.8 Å². The molecule has 0 bridgehead atoms. The number of rotatable bonds is 5. The van der Waals surface area contributed by atoms with Crippen molar-refractivity contribution >= 4 is 27.7 Å². The van der Waals surface area contributed by atoms with Crippen molar-refractivity contribution in [2.45, 2.75) is 32.3 Å². The van der Waals surface area contributed by atoms with Crippen molar-refractivity contribution in [3.63, 3.8) is 0 Å². The third kappa shape index (κ3) is 4.85. The van der Waals surface area contributed by atoms with E-state index in [9.17, 15) is 4.79 Å². The van der Waals surface area contributed by atoms with Crippen LogP contribution in [0.1, 0.15) is 24.8 Å². The zero-order valence-corrected chi connectivity index (χ0v) is 13.2. The lowest BCUT2D eigenvalue weighted by Crippen LogP contribution is -2.33. The maximum absolute atomic E-state index is 11.8. The van der Waals surface area contributed by atoms with Gasteiger partial charge in [0.25, 0.3) is 0 Å². The van der Waals surface area contributed by atoms with Crippen molar-refractivity contribution in [2.24, 2.45) is 0 Å². The Morgan fingerprint density at radius 3 is 3.00 bits per heavy atom. The highest BCUT2D eigenvalue weighted by Gasteiger charge is 2.14. The van der Waals surface area contributed by atoms with E-state index in [1.54, 1.807) is 6.20 Å². The van der Waals surface area contributed by atoms with Crippen LogP contribution in [0.5, 0.6) is 0 Å². The highest BCUT2D eigenvalue weighted by atomic mass is 79.9. The van der Waals surface area contributed by atoms with Crippen LogP contribution in [-0.4, -0.2) is 36.7 Å². The van der Waals surface area contributed by atoms with Gasteiger partial charge in [-0.3, -0.25) is 4.79 Å². The molecule has 0 aliphatic carbocycles. The molecule has 0 radical (unpaired) electrons. The minimum absolute atomic E-state index is 0.0585. The lowest BCUT2D eigenvalue weighted by Gasteiger charge is -2.22. The van der Waals surface area contributed by atoms with Gasteiger partial charge < -0.3 is 15.4 Å². The molecule has 1 aromatic heterocycles. The number of nitrogens with one attached hydrogen (secondary N) is 2. The van der Waals surface area contributed by atoms with Crippen LogP contribution in [0.2, 0.25) is 0 Å². The molecule has 0 aromatic carbocycles. The Hall–Kier alpha value is -0.980. The van der Waals surface area contributed by atoms with Gasteiger partial charge in [0, 0.05) is 10.7 Å². The van der Waals surface area contributed by atoms with E-state index in [-0.39, 0.29) is 12.0 Å². The van der Waals surface area contributed by atoms with E-state index in [0.717, 1.165) is 36.0 Å². The van der Waals surface area contributed by atoms with Crippen LogP contribution in [0, 0.1) is 6.92 Å². The van der Waals surface area contributed by atoms with Crippen molar-refractivity contribution in [1.82, 2.24) is 10.3 Å². The zero-order valence-electron chi connectivity index (χ0n) is 11.6. The number of anilines is 1. The molecule has 2 N–H and O–H groups in total. The molecule has 6 heteroatoms. The molecule has 20 heavy (non-hydrogen) atoms. The van der Waals surface area contributed by atoms with E-state index in [1.807, 2.05) is 13.0 Å². The first-order chi connectivity index (χ1) is 9.65. The third-order valence-electron chi connectivity index (χ3n) is 3.27. The van der Waals surface area contributed by atoms with Gasteiger partial charge in [-0.25, -0.2) is 4.98 Å². The number of aromatic nitrogens is 1. The largest absolute Gasteiger partial charge is 0.378 e. The van der Waals surface area contributed by atoms with Gasteiger partial charge in [0.15, 0.2) is 0 Å². The molecule has 1 aliphatic heterocycles. The van der Waals surface area contributed by atoms with Crippen LogP contribution in [-0.2, 0) is 9.53 Å². The second kappa shape index (κ2) is 7.71. The van der Waals surface area contributed by atoms with Crippen molar-refractivity contribution in [3.8, 4) is 0 Å². The molecule has 0 unspecified atom stereocenters. The number of aryl methyl sites for hydroxylation is 1. The molecular formula is C14H20BrN3O2. The number of carbonyl (C=O) groups excluding carboxylic acids is 1. The van der Waals surface area contributed by atoms with Gasteiger partial charge in [-0.05, 0) is 60.4 Å². The van der Waals surface area contributed by atoms with Crippen LogP contribution in [0.15, 0.2) is 16.7 Å². The highest BCUT2D eigenvalue weighted by Crippen LogP contribution is 2.17. The summed E-state index contributed by atoms with van der Waals surface area (Å²) < 4.78 is 6.62. The molecule has 1 saturated heterocycles.